The monoisotopic (exact) mass is 186 g/mol. The van der Waals surface area contributed by atoms with E-state index in [1.54, 1.807) is 26.0 Å². The van der Waals surface area contributed by atoms with Crippen molar-refractivity contribution in [2.24, 2.45) is 0 Å². The van der Waals surface area contributed by atoms with Crippen LogP contribution in [0.3, 0.4) is 0 Å². The molecule has 2 rings (SSSR count). The van der Waals surface area contributed by atoms with E-state index in [1.165, 1.54) is 0 Å². The zero-order valence-corrected chi connectivity index (χ0v) is 7.82. The van der Waals surface area contributed by atoms with E-state index in [4.69, 9.17) is 14.2 Å². The van der Waals surface area contributed by atoms with Gasteiger partial charge in [-0.15, -0.1) is 0 Å². The molecule has 0 radical (unpaired) electrons. The molecule has 1 spiro atoms. The second-order valence-electron chi connectivity index (χ2n) is 3.79. The molecule has 1 fully saturated rings. The van der Waals surface area contributed by atoms with Gasteiger partial charge in [0.1, 0.15) is 12.7 Å². The lowest BCUT2D eigenvalue weighted by molar-refractivity contribution is -0.280. The lowest BCUT2D eigenvalue weighted by Crippen LogP contribution is -2.49. The predicted molar refractivity (Wildman–Crippen MR) is 44.9 cm³/mol. The third-order valence-corrected chi connectivity index (χ3v) is 2.23. The number of hydrogen-bond acceptors (Lipinski definition) is 4. The Morgan fingerprint density at radius 1 is 1.38 bits per heavy atom. The Hall–Kier alpha value is -0.420. The molecule has 2 aliphatic rings. The summed E-state index contributed by atoms with van der Waals surface area (Å²) in [4.78, 5) is 0. The molecule has 0 aromatic rings. The normalized spacial score (nSPS) is 42.8. The Labute approximate surface area is 77.1 Å². The molecule has 13 heavy (non-hydrogen) atoms. The second kappa shape index (κ2) is 2.78. The molecule has 0 saturated carbocycles. The van der Waals surface area contributed by atoms with Crippen LogP contribution in [0, 0.1) is 0 Å². The first-order valence-electron chi connectivity index (χ1n) is 4.37. The largest absolute Gasteiger partial charge is 0.383 e. The summed E-state index contributed by atoms with van der Waals surface area (Å²) < 4.78 is 16.3. The lowest BCUT2D eigenvalue weighted by atomic mass is 10.1. The van der Waals surface area contributed by atoms with Crippen LogP contribution >= 0.6 is 0 Å². The first-order valence-corrected chi connectivity index (χ1v) is 4.37. The van der Waals surface area contributed by atoms with Crippen molar-refractivity contribution in [1.29, 1.82) is 0 Å². The molecule has 0 unspecified atom stereocenters. The average molecular weight is 186 g/mol. The van der Waals surface area contributed by atoms with Crippen LogP contribution < -0.4 is 0 Å². The van der Waals surface area contributed by atoms with Gasteiger partial charge in [-0.2, -0.15) is 0 Å². The zero-order valence-electron chi connectivity index (χ0n) is 7.82. The average Bonchev–Trinajstić information content (AvgIpc) is 2.35. The lowest BCUT2D eigenvalue weighted by Gasteiger charge is -2.33. The maximum Gasteiger partial charge on any atom is 0.225 e. The highest BCUT2D eigenvalue weighted by Crippen LogP contribution is 2.36. The summed E-state index contributed by atoms with van der Waals surface area (Å²) in [6, 6.07) is 0. The predicted octanol–water partition coefficient (Wildman–Crippen LogP) is 0.413. The van der Waals surface area contributed by atoms with Crippen molar-refractivity contribution in [2.75, 3.05) is 13.2 Å². The van der Waals surface area contributed by atoms with E-state index in [0.717, 1.165) is 0 Å². The first kappa shape index (κ1) is 9.15. The molecule has 0 aromatic carbocycles. The Morgan fingerprint density at radius 3 is 2.69 bits per heavy atom. The summed E-state index contributed by atoms with van der Waals surface area (Å²) in [5.41, 5.74) is 0. The van der Waals surface area contributed by atoms with Gasteiger partial charge < -0.3 is 19.3 Å². The summed E-state index contributed by atoms with van der Waals surface area (Å²) in [5, 5.41) is 9.67. The van der Waals surface area contributed by atoms with Gasteiger partial charge in [-0.25, -0.2) is 0 Å². The second-order valence-corrected chi connectivity index (χ2v) is 3.79. The van der Waals surface area contributed by atoms with Gasteiger partial charge in [-0.1, -0.05) is 12.2 Å². The standard InChI is InChI=1S/C9H14O4/c1-8(2)12-6-9(13-8)7(10)4-3-5-11-9/h3-4,7,10H,5-6H2,1-2H3/t7-,9-/m0/s1. The molecule has 1 N–H and O–H groups in total. The molecule has 0 amide bonds. The van der Waals surface area contributed by atoms with E-state index in [0.29, 0.717) is 6.61 Å². The molecular formula is C9H14O4. The van der Waals surface area contributed by atoms with Gasteiger partial charge in [0.05, 0.1) is 6.61 Å². The van der Waals surface area contributed by atoms with Crippen LogP contribution in [0.2, 0.25) is 0 Å². The summed E-state index contributed by atoms with van der Waals surface area (Å²) in [6.45, 7) is 4.33. The number of ether oxygens (including phenoxy) is 3. The van der Waals surface area contributed by atoms with E-state index in [-0.39, 0.29) is 6.61 Å². The quantitative estimate of drug-likeness (QED) is 0.557. The molecular weight excluding hydrogens is 172 g/mol. The van der Waals surface area contributed by atoms with Crippen molar-refractivity contribution >= 4 is 0 Å². The third-order valence-electron chi connectivity index (χ3n) is 2.23. The van der Waals surface area contributed by atoms with Gasteiger partial charge in [0.25, 0.3) is 0 Å². The van der Waals surface area contributed by atoms with Crippen molar-refractivity contribution in [3.05, 3.63) is 12.2 Å². The Morgan fingerprint density at radius 2 is 2.15 bits per heavy atom. The van der Waals surface area contributed by atoms with E-state index in [1.807, 2.05) is 0 Å². The molecule has 2 heterocycles. The third kappa shape index (κ3) is 1.50. The number of hydrogen-bond donors (Lipinski definition) is 1. The molecule has 2 aliphatic heterocycles. The summed E-state index contributed by atoms with van der Waals surface area (Å²) in [5.74, 6) is -1.66. The van der Waals surface area contributed by atoms with Crippen molar-refractivity contribution in [2.45, 2.75) is 31.5 Å². The fraction of sp³-hybridized carbons (Fsp3) is 0.778. The highest BCUT2D eigenvalue weighted by molar-refractivity contribution is 5.03. The zero-order chi connectivity index (χ0) is 9.53. The van der Waals surface area contributed by atoms with Crippen LogP contribution in [-0.2, 0) is 14.2 Å². The fourth-order valence-corrected chi connectivity index (χ4v) is 1.57. The summed E-state index contributed by atoms with van der Waals surface area (Å²) >= 11 is 0. The maximum atomic E-state index is 9.67. The molecule has 2 atom stereocenters. The van der Waals surface area contributed by atoms with Crippen molar-refractivity contribution in [3.8, 4) is 0 Å². The molecule has 74 valence electrons. The Balaban J connectivity index is 2.18. The van der Waals surface area contributed by atoms with Crippen LogP contribution in [0.25, 0.3) is 0 Å². The van der Waals surface area contributed by atoms with E-state index >= 15 is 0 Å². The highest BCUT2D eigenvalue weighted by atomic mass is 16.8. The van der Waals surface area contributed by atoms with E-state index < -0.39 is 17.7 Å². The van der Waals surface area contributed by atoms with Crippen LogP contribution in [0.15, 0.2) is 12.2 Å². The Kier molecular flexibility index (Phi) is 1.96. The fourth-order valence-electron chi connectivity index (χ4n) is 1.57. The molecule has 4 heteroatoms. The molecule has 0 bridgehead atoms. The minimum absolute atomic E-state index is 0.269. The highest BCUT2D eigenvalue weighted by Gasteiger charge is 2.51. The number of rotatable bonds is 0. The summed E-state index contributed by atoms with van der Waals surface area (Å²) in [6.07, 6.45) is 2.70. The Bertz CT molecular complexity index is 236. The minimum atomic E-state index is -0.988. The molecule has 1 saturated heterocycles. The van der Waals surface area contributed by atoms with Gasteiger partial charge in [0, 0.05) is 0 Å². The molecule has 0 aliphatic carbocycles. The van der Waals surface area contributed by atoms with Gasteiger partial charge >= 0.3 is 0 Å². The van der Waals surface area contributed by atoms with Crippen molar-refractivity contribution in [3.63, 3.8) is 0 Å². The van der Waals surface area contributed by atoms with Crippen molar-refractivity contribution < 1.29 is 19.3 Å². The van der Waals surface area contributed by atoms with Gasteiger partial charge in [-0.05, 0) is 13.8 Å². The van der Waals surface area contributed by atoms with Crippen LogP contribution in [0.5, 0.6) is 0 Å². The van der Waals surface area contributed by atoms with Crippen LogP contribution in [0.1, 0.15) is 13.8 Å². The topological polar surface area (TPSA) is 47.9 Å². The van der Waals surface area contributed by atoms with E-state index in [9.17, 15) is 5.11 Å². The number of aliphatic hydroxyl groups excluding tert-OH is 1. The van der Waals surface area contributed by atoms with Crippen molar-refractivity contribution in [1.82, 2.24) is 0 Å². The number of aliphatic hydroxyl groups is 1. The van der Waals surface area contributed by atoms with Gasteiger partial charge in [-0.3, -0.25) is 0 Å². The molecule has 0 aromatic heterocycles. The smallest absolute Gasteiger partial charge is 0.225 e. The van der Waals surface area contributed by atoms with E-state index in [2.05, 4.69) is 0 Å². The van der Waals surface area contributed by atoms with Gasteiger partial charge in [0.15, 0.2) is 5.79 Å². The first-order chi connectivity index (χ1) is 6.04. The van der Waals surface area contributed by atoms with Crippen LogP contribution in [-0.4, -0.2) is 36.0 Å². The minimum Gasteiger partial charge on any atom is -0.383 e. The summed E-state index contributed by atoms with van der Waals surface area (Å²) in [7, 11) is 0. The van der Waals surface area contributed by atoms with Crippen LogP contribution in [0.4, 0.5) is 0 Å². The molecule has 4 nitrogen and oxygen atoms in total. The maximum absolute atomic E-state index is 9.67. The SMILES string of the molecule is CC1(C)OC[C@]2(OCC=C[C@@H]2O)O1. The van der Waals surface area contributed by atoms with Gasteiger partial charge in [0.2, 0.25) is 5.79 Å².